The molecule has 52 heavy (non-hydrogen) atoms. The van der Waals surface area contributed by atoms with E-state index in [4.69, 9.17) is 21.7 Å². The predicted octanol–water partition coefficient (Wildman–Crippen LogP) is 6.20. The summed E-state index contributed by atoms with van der Waals surface area (Å²) in [5.74, 6) is -1.89. The molecule has 2 aromatic carbocycles. The van der Waals surface area contributed by atoms with Gasteiger partial charge in [0.15, 0.2) is 11.8 Å². The number of halogens is 6. The molecule has 1 saturated carbocycles. The number of amidine groups is 1. The number of nitrogens with one attached hydrogen (secondary N) is 3. The van der Waals surface area contributed by atoms with Crippen molar-refractivity contribution in [2.45, 2.75) is 69.8 Å². The number of ether oxygens (including phenoxy) is 1. The van der Waals surface area contributed by atoms with Crippen LogP contribution in [0.3, 0.4) is 0 Å². The second-order valence-corrected chi connectivity index (χ2v) is 13.9. The van der Waals surface area contributed by atoms with E-state index >= 15 is 0 Å². The number of nitrogens with zero attached hydrogens (tertiary/aromatic N) is 7. The van der Waals surface area contributed by atoms with E-state index in [9.17, 15) is 31.5 Å². The van der Waals surface area contributed by atoms with E-state index in [1.165, 1.54) is 35.4 Å². The fraction of sp³-hybridized carbons (Fsp3) is 0.424. The van der Waals surface area contributed by atoms with Crippen molar-refractivity contribution in [3.8, 4) is 5.69 Å². The number of hydrogen-bond donors (Lipinski definition) is 3. The van der Waals surface area contributed by atoms with Gasteiger partial charge in [0.25, 0.3) is 12.3 Å². The minimum absolute atomic E-state index is 0.0778. The standard InChI is InChI=1S/C33H36ClF5N10O3/c1-30(2,3)18-32(20-7-9-21(10-8-20)49-43-14-15-44-49)27(50)47(28(40)45-32)24(17-52-29(51)46-31(12-13-31)33(37,38)39)19-6-11-22(34)23(16-19)48(42-5)26(41-4)25(35)36/h6-11,14-16,24-25H,5,12-13,17-18H2,1-4H3,(H2,40,45)(H,46,51)/b41-26-/t24-,32-/m1/s1. The number of amides is 2. The third kappa shape index (κ3) is 7.42. The summed E-state index contributed by atoms with van der Waals surface area (Å²) in [6.45, 7) is 8.29. The minimum atomic E-state index is -4.73. The molecule has 19 heteroatoms. The summed E-state index contributed by atoms with van der Waals surface area (Å²) in [4.78, 5) is 33.7. The summed E-state index contributed by atoms with van der Waals surface area (Å²) in [5, 5.41) is 26.5. The van der Waals surface area contributed by atoms with E-state index in [1.807, 2.05) is 26.1 Å². The van der Waals surface area contributed by atoms with Crippen molar-refractivity contribution in [1.82, 2.24) is 30.5 Å². The Balaban J connectivity index is 1.58. The monoisotopic (exact) mass is 750 g/mol. The van der Waals surface area contributed by atoms with Crippen molar-refractivity contribution in [3.63, 3.8) is 0 Å². The van der Waals surface area contributed by atoms with Crippen LogP contribution < -0.4 is 15.6 Å². The molecule has 0 bridgehead atoms. The van der Waals surface area contributed by atoms with Crippen molar-refractivity contribution in [3.05, 3.63) is 71.0 Å². The van der Waals surface area contributed by atoms with E-state index in [0.717, 1.165) is 11.9 Å². The highest BCUT2D eigenvalue weighted by atomic mass is 35.5. The van der Waals surface area contributed by atoms with Gasteiger partial charge < -0.3 is 15.4 Å². The molecule has 3 N–H and O–H groups in total. The van der Waals surface area contributed by atoms with Crippen molar-refractivity contribution in [1.29, 1.82) is 5.41 Å². The van der Waals surface area contributed by atoms with Crippen LogP contribution in [0.15, 0.2) is 65.0 Å². The number of rotatable bonds is 11. The van der Waals surface area contributed by atoms with Crippen LogP contribution in [0.1, 0.15) is 57.2 Å². The number of hydrogen-bond acceptors (Lipinski definition) is 8. The van der Waals surface area contributed by atoms with E-state index in [-0.39, 0.29) is 35.5 Å². The lowest BCUT2D eigenvalue weighted by Gasteiger charge is -2.35. The van der Waals surface area contributed by atoms with Gasteiger partial charge >= 0.3 is 12.3 Å². The highest BCUT2D eigenvalue weighted by Gasteiger charge is 2.64. The first-order valence-electron chi connectivity index (χ1n) is 15.9. The molecule has 1 aliphatic heterocycles. The molecule has 2 aliphatic rings. The van der Waals surface area contributed by atoms with Crippen molar-refractivity contribution in [2.24, 2.45) is 15.5 Å². The van der Waals surface area contributed by atoms with E-state index in [2.05, 4.69) is 32.3 Å². The Labute approximate surface area is 300 Å². The number of aliphatic imine (C=N–C) groups is 1. The number of carbonyl (C=O) groups excluding carboxylic acids is 2. The Kier molecular flexibility index (Phi) is 10.3. The maximum absolute atomic E-state index is 14.8. The molecule has 1 aliphatic carbocycles. The van der Waals surface area contributed by atoms with Gasteiger partial charge in [-0.05, 0) is 60.1 Å². The lowest BCUT2D eigenvalue weighted by atomic mass is 9.75. The zero-order chi connectivity index (χ0) is 38.2. The molecule has 0 spiro atoms. The molecular weight excluding hydrogens is 715 g/mol. The SMILES string of the molecule is C=NN(/C(=N\C)C(F)F)c1cc([C@@H](COC(=O)NC2(C(F)(F)F)CC2)N2C(=N)N[C@](CC(C)(C)C)(c3ccc(-n4nccn4)cc3)C2=O)ccc1Cl. The molecule has 5 rings (SSSR count). The number of anilines is 1. The van der Waals surface area contributed by atoms with Crippen LogP contribution in [-0.2, 0) is 15.1 Å². The van der Waals surface area contributed by atoms with Gasteiger partial charge in [-0.3, -0.25) is 20.1 Å². The third-order valence-corrected chi connectivity index (χ3v) is 8.97. The summed E-state index contributed by atoms with van der Waals surface area (Å²) < 4.78 is 74.1. The van der Waals surface area contributed by atoms with Gasteiger partial charge in [0, 0.05) is 13.8 Å². The van der Waals surface area contributed by atoms with Crippen LogP contribution in [0.25, 0.3) is 5.69 Å². The summed E-state index contributed by atoms with van der Waals surface area (Å²) in [7, 11) is 1.11. The average Bonchev–Trinajstić information content (AvgIpc) is 3.57. The Morgan fingerprint density at radius 3 is 2.31 bits per heavy atom. The van der Waals surface area contributed by atoms with Crippen LogP contribution in [0.4, 0.5) is 32.4 Å². The molecule has 1 saturated heterocycles. The fourth-order valence-electron chi connectivity index (χ4n) is 6.13. The summed E-state index contributed by atoms with van der Waals surface area (Å²) >= 11 is 6.42. The lowest BCUT2D eigenvalue weighted by molar-refractivity contribution is -0.164. The van der Waals surface area contributed by atoms with Gasteiger partial charge in [0.1, 0.15) is 17.7 Å². The molecule has 2 amide bonds. The first-order chi connectivity index (χ1) is 24.4. The van der Waals surface area contributed by atoms with Gasteiger partial charge in [0.2, 0.25) is 0 Å². The molecular formula is C33H36ClF5N10O3. The van der Waals surface area contributed by atoms with Crippen LogP contribution in [0.2, 0.25) is 5.02 Å². The smallest absolute Gasteiger partial charge is 0.411 e. The van der Waals surface area contributed by atoms with Crippen LogP contribution >= 0.6 is 11.6 Å². The fourth-order valence-corrected chi connectivity index (χ4v) is 6.33. The Morgan fingerprint density at radius 1 is 1.15 bits per heavy atom. The van der Waals surface area contributed by atoms with Crippen molar-refractivity contribution >= 4 is 47.8 Å². The number of benzene rings is 2. The quantitative estimate of drug-likeness (QED) is 0.0914. The van der Waals surface area contributed by atoms with Crippen molar-refractivity contribution < 1.29 is 36.3 Å². The van der Waals surface area contributed by atoms with Gasteiger partial charge in [-0.25, -0.2) is 18.6 Å². The first kappa shape index (κ1) is 38.1. The highest BCUT2D eigenvalue weighted by Crippen LogP contribution is 2.49. The zero-order valence-corrected chi connectivity index (χ0v) is 29.3. The molecule has 2 heterocycles. The maximum atomic E-state index is 14.8. The summed E-state index contributed by atoms with van der Waals surface area (Å²) in [6, 6.07) is 9.34. The molecule has 1 aromatic heterocycles. The van der Waals surface area contributed by atoms with Crippen molar-refractivity contribution in [2.75, 3.05) is 18.7 Å². The summed E-state index contributed by atoms with van der Waals surface area (Å²) in [5.41, 5.74) is -3.49. The van der Waals surface area contributed by atoms with Gasteiger partial charge in [-0.1, -0.05) is 50.6 Å². The van der Waals surface area contributed by atoms with Gasteiger partial charge in [0.05, 0.1) is 34.8 Å². The molecule has 278 valence electrons. The normalized spacial score (nSPS) is 19.4. The molecule has 0 radical (unpaired) electrons. The average molecular weight is 751 g/mol. The Morgan fingerprint density at radius 2 is 1.79 bits per heavy atom. The van der Waals surface area contributed by atoms with Crippen LogP contribution in [0.5, 0.6) is 0 Å². The molecule has 2 atom stereocenters. The lowest BCUT2D eigenvalue weighted by Crippen LogP contribution is -2.49. The predicted molar refractivity (Wildman–Crippen MR) is 183 cm³/mol. The molecule has 2 fully saturated rings. The number of carbonyl (C=O) groups is 2. The van der Waals surface area contributed by atoms with E-state index in [0.29, 0.717) is 16.3 Å². The molecule has 13 nitrogen and oxygen atoms in total. The summed E-state index contributed by atoms with van der Waals surface area (Å²) in [6.07, 6.45) is -6.75. The molecule has 3 aromatic rings. The largest absolute Gasteiger partial charge is 0.447 e. The number of hydrazone groups is 1. The Hall–Kier alpha value is -5.13. The topological polar surface area (TPSA) is 153 Å². The van der Waals surface area contributed by atoms with Crippen LogP contribution in [-0.4, -0.2) is 82.2 Å². The first-order valence-corrected chi connectivity index (χ1v) is 16.2. The second-order valence-electron chi connectivity index (χ2n) is 13.5. The number of guanidine groups is 1. The second kappa shape index (κ2) is 14.1. The molecule has 0 unspecified atom stereocenters. The highest BCUT2D eigenvalue weighted by molar-refractivity contribution is 6.34. The maximum Gasteiger partial charge on any atom is 0.411 e. The number of alkyl carbamates (subject to hydrolysis) is 1. The third-order valence-electron chi connectivity index (χ3n) is 8.65. The Bertz CT molecular complexity index is 1860. The van der Waals surface area contributed by atoms with Gasteiger partial charge in [-0.2, -0.15) is 33.3 Å². The number of aromatic nitrogens is 3. The number of alkyl halides is 5. The van der Waals surface area contributed by atoms with Crippen LogP contribution in [0, 0.1) is 10.8 Å². The minimum Gasteiger partial charge on any atom is -0.447 e. The van der Waals surface area contributed by atoms with E-state index in [1.54, 1.807) is 24.3 Å². The van der Waals surface area contributed by atoms with E-state index < -0.39 is 65.5 Å². The van der Waals surface area contributed by atoms with Gasteiger partial charge in [-0.15, -0.1) is 0 Å². The zero-order valence-electron chi connectivity index (χ0n) is 28.5.